The molecule has 1 aromatic heterocycles. The van der Waals surface area contributed by atoms with Crippen LogP contribution in [0.1, 0.15) is 17.1 Å². The fraction of sp³-hybridized carbons (Fsp3) is 0.333. The van der Waals surface area contributed by atoms with Gasteiger partial charge in [-0.3, -0.25) is 4.79 Å². The molecule has 2 rings (SSSR count). The number of nitrogens with zero attached hydrogens (tertiary/aromatic N) is 2. The van der Waals surface area contributed by atoms with Gasteiger partial charge in [-0.2, -0.15) is 0 Å². The van der Waals surface area contributed by atoms with E-state index in [2.05, 4.69) is 4.98 Å². The zero-order valence-electron chi connectivity index (χ0n) is 12.2. The maximum absolute atomic E-state index is 12.0. The molecule has 5 nitrogen and oxygen atoms in total. The number of carbonyl (C=O) groups excluding carboxylic acids is 1. The summed E-state index contributed by atoms with van der Waals surface area (Å²) in [6.45, 7) is 2.79. The van der Waals surface area contributed by atoms with Crippen LogP contribution in [0.25, 0.3) is 0 Å². The fourth-order valence-corrected chi connectivity index (χ4v) is 2.47. The number of nitrogen functional groups attached to an aromatic ring is 1. The topological polar surface area (TPSA) is 68.5 Å². The Balaban J connectivity index is 1.77. The molecule has 0 atom stereocenters. The smallest absolute Gasteiger partial charge is 0.226 e. The third-order valence-corrected chi connectivity index (χ3v) is 3.81. The Morgan fingerprint density at radius 3 is 2.86 bits per heavy atom. The van der Waals surface area contributed by atoms with E-state index in [1.807, 2.05) is 24.4 Å². The molecule has 2 aromatic rings. The van der Waals surface area contributed by atoms with E-state index in [-0.39, 0.29) is 5.91 Å². The van der Waals surface area contributed by atoms with Gasteiger partial charge in [-0.15, -0.1) is 11.3 Å². The molecule has 21 heavy (non-hydrogen) atoms. The van der Waals surface area contributed by atoms with Crippen LogP contribution in [0.3, 0.4) is 0 Å². The van der Waals surface area contributed by atoms with E-state index in [4.69, 9.17) is 10.5 Å². The minimum Gasteiger partial charge on any atom is -0.491 e. The molecule has 0 saturated heterocycles. The van der Waals surface area contributed by atoms with E-state index in [0.717, 1.165) is 10.7 Å². The predicted molar refractivity (Wildman–Crippen MR) is 84.3 cm³/mol. The van der Waals surface area contributed by atoms with E-state index in [9.17, 15) is 4.79 Å². The van der Waals surface area contributed by atoms with Crippen LogP contribution in [-0.4, -0.2) is 29.4 Å². The number of para-hydroxylation sites is 2. The lowest BCUT2D eigenvalue weighted by Gasteiger charge is -2.16. The molecular formula is C15H19N3O2S. The number of thiazole rings is 1. The van der Waals surface area contributed by atoms with Gasteiger partial charge in [0.2, 0.25) is 5.91 Å². The third-order valence-electron chi connectivity index (χ3n) is 2.98. The number of aromatic nitrogens is 1. The average molecular weight is 305 g/mol. The number of benzene rings is 1. The lowest BCUT2D eigenvalue weighted by Crippen LogP contribution is -2.27. The van der Waals surface area contributed by atoms with Crippen molar-refractivity contribution in [2.24, 2.45) is 0 Å². The fourth-order valence-electron chi connectivity index (χ4n) is 1.86. The summed E-state index contributed by atoms with van der Waals surface area (Å²) in [6, 6.07) is 7.26. The average Bonchev–Trinajstić information content (AvgIpc) is 2.86. The number of hydrogen-bond donors (Lipinski definition) is 1. The summed E-state index contributed by atoms with van der Waals surface area (Å²) in [5.74, 6) is 0.637. The molecule has 2 N–H and O–H groups in total. The van der Waals surface area contributed by atoms with Crippen LogP contribution in [0, 0.1) is 6.92 Å². The van der Waals surface area contributed by atoms with Gasteiger partial charge in [0.1, 0.15) is 5.75 Å². The largest absolute Gasteiger partial charge is 0.491 e. The number of hydrogen-bond acceptors (Lipinski definition) is 5. The number of aryl methyl sites for hydroxylation is 1. The van der Waals surface area contributed by atoms with Crippen molar-refractivity contribution in [3.05, 3.63) is 40.3 Å². The number of rotatable bonds is 6. The van der Waals surface area contributed by atoms with E-state index < -0.39 is 0 Å². The van der Waals surface area contributed by atoms with Gasteiger partial charge in [0, 0.05) is 12.4 Å². The molecule has 1 amide bonds. The normalized spacial score (nSPS) is 10.4. The van der Waals surface area contributed by atoms with E-state index in [0.29, 0.717) is 31.0 Å². The summed E-state index contributed by atoms with van der Waals surface area (Å²) in [5, 5.41) is 2.98. The summed E-state index contributed by atoms with van der Waals surface area (Å²) in [5.41, 5.74) is 7.27. The van der Waals surface area contributed by atoms with Crippen LogP contribution >= 0.6 is 11.3 Å². The van der Waals surface area contributed by atoms with Crippen molar-refractivity contribution >= 4 is 22.9 Å². The molecule has 0 aliphatic carbocycles. The highest BCUT2D eigenvalue weighted by Crippen LogP contribution is 2.19. The lowest BCUT2D eigenvalue weighted by atomic mass is 10.3. The Hall–Kier alpha value is -2.08. The van der Waals surface area contributed by atoms with E-state index in [1.165, 1.54) is 0 Å². The Morgan fingerprint density at radius 2 is 2.19 bits per heavy atom. The number of carbonyl (C=O) groups is 1. The number of amides is 1. The number of anilines is 1. The van der Waals surface area contributed by atoms with Gasteiger partial charge in [-0.25, -0.2) is 4.98 Å². The van der Waals surface area contributed by atoms with Crippen molar-refractivity contribution < 1.29 is 9.53 Å². The van der Waals surface area contributed by atoms with Crippen LogP contribution in [0.15, 0.2) is 29.6 Å². The molecule has 1 heterocycles. The minimum absolute atomic E-state index is 0.0233. The molecule has 0 saturated carbocycles. The molecule has 0 radical (unpaired) electrons. The van der Waals surface area contributed by atoms with Gasteiger partial charge in [-0.05, 0) is 19.1 Å². The molecule has 0 bridgehead atoms. The quantitative estimate of drug-likeness (QED) is 0.832. The Labute approximate surface area is 128 Å². The molecular weight excluding hydrogens is 286 g/mol. The van der Waals surface area contributed by atoms with Crippen molar-refractivity contribution in [1.82, 2.24) is 9.88 Å². The van der Waals surface area contributed by atoms with E-state index in [1.54, 1.807) is 35.4 Å². The van der Waals surface area contributed by atoms with Crippen molar-refractivity contribution in [2.75, 3.05) is 19.4 Å². The molecule has 6 heteroatoms. The van der Waals surface area contributed by atoms with Crippen molar-refractivity contribution in [3.8, 4) is 5.75 Å². The highest BCUT2D eigenvalue weighted by atomic mass is 32.1. The maximum atomic E-state index is 12.0. The van der Waals surface area contributed by atoms with Crippen LogP contribution in [0.5, 0.6) is 5.75 Å². The SMILES string of the molecule is Cc1nc(CN(C)C(=O)CCOc2ccccc2N)cs1. The van der Waals surface area contributed by atoms with Crippen molar-refractivity contribution in [2.45, 2.75) is 19.9 Å². The minimum atomic E-state index is 0.0233. The summed E-state index contributed by atoms with van der Waals surface area (Å²) < 4.78 is 5.53. The van der Waals surface area contributed by atoms with Gasteiger partial charge in [0.25, 0.3) is 0 Å². The van der Waals surface area contributed by atoms with Gasteiger partial charge in [0.05, 0.1) is 36.0 Å². The molecule has 0 fully saturated rings. The first-order valence-electron chi connectivity index (χ1n) is 6.68. The lowest BCUT2D eigenvalue weighted by molar-refractivity contribution is -0.131. The highest BCUT2D eigenvalue weighted by Gasteiger charge is 2.11. The summed E-state index contributed by atoms with van der Waals surface area (Å²) in [7, 11) is 1.77. The van der Waals surface area contributed by atoms with Crippen LogP contribution in [-0.2, 0) is 11.3 Å². The number of ether oxygens (including phenoxy) is 1. The maximum Gasteiger partial charge on any atom is 0.226 e. The van der Waals surface area contributed by atoms with Crippen molar-refractivity contribution in [3.63, 3.8) is 0 Å². The van der Waals surface area contributed by atoms with Crippen LogP contribution in [0.2, 0.25) is 0 Å². The molecule has 0 spiro atoms. The monoisotopic (exact) mass is 305 g/mol. The molecule has 1 aromatic carbocycles. The zero-order chi connectivity index (χ0) is 15.2. The van der Waals surface area contributed by atoms with Gasteiger partial charge in [0.15, 0.2) is 0 Å². The Kier molecular flexibility index (Phi) is 5.16. The van der Waals surface area contributed by atoms with Gasteiger partial charge in [-0.1, -0.05) is 12.1 Å². The third kappa shape index (κ3) is 4.46. The Bertz CT molecular complexity index is 612. The second-order valence-electron chi connectivity index (χ2n) is 4.74. The summed E-state index contributed by atoms with van der Waals surface area (Å²) in [6.07, 6.45) is 0.313. The standard InChI is InChI=1S/C15H19N3O2S/c1-11-17-12(10-21-11)9-18(2)15(19)7-8-20-14-6-4-3-5-13(14)16/h3-6,10H,7-9,16H2,1-2H3. The molecule has 0 aliphatic heterocycles. The van der Waals surface area contributed by atoms with E-state index >= 15 is 0 Å². The first-order valence-corrected chi connectivity index (χ1v) is 7.56. The van der Waals surface area contributed by atoms with Gasteiger partial charge >= 0.3 is 0 Å². The Morgan fingerprint density at radius 1 is 1.43 bits per heavy atom. The first-order chi connectivity index (χ1) is 10.1. The zero-order valence-corrected chi connectivity index (χ0v) is 13.0. The first kappa shape index (κ1) is 15.3. The van der Waals surface area contributed by atoms with Crippen LogP contribution < -0.4 is 10.5 Å². The predicted octanol–water partition coefficient (Wildman–Crippen LogP) is 2.46. The second kappa shape index (κ2) is 7.08. The molecule has 0 unspecified atom stereocenters. The van der Waals surface area contributed by atoms with Crippen LogP contribution in [0.4, 0.5) is 5.69 Å². The molecule has 112 valence electrons. The second-order valence-corrected chi connectivity index (χ2v) is 5.81. The summed E-state index contributed by atoms with van der Waals surface area (Å²) >= 11 is 1.59. The summed E-state index contributed by atoms with van der Waals surface area (Å²) in [4.78, 5) is 18.0. The van der Waals surface area contributed by atoms with Crippen molar-refractivity contribution in [1.29, 1.82) is 0 Å². The molecule has 0 aliphatic rings. The number of nitrogens with two attached hydrogens (primary N) is 1. The van der Waals surface area contributed by atoms with Gasteiger partial charge < -0.3 is 15.4 Å². The highest BCUT2D eigenvalue weighted by molar-refractivity contribution is 7.09.